The first-order valence-electron chi connectivity index (χ1n) is 6.90. The van der Waals surface area contributed by atoms with Gasteiger partial charge in [-0.1, -0.05) is 50.7 Å². The highest BCUT2D eigenvalue weighted by Crippen LogP contribution is 2.19. The Balaban J connectivity index is 4.58. The molecule has 0 aromatic carbocycles. The first-order chi connectivity index (χ1) is 8.93. The molecule has 0 aliphatic rings. The van der Waals surface area contributed by atoms with Gasteiger partial charge in [-0.3, -0.25) is 9.59 Å². The van der Waals surface area contributed by atoms with Crippen LogP contribution in [0, 0.1) is 0 Å². The minimum Gasteiger partial charge on any atom is -0.357 e. The summed E-state index contributed by atoms with van der Waals surface area (Å²) in [5.41, 5.74) is 0. The molecule has 5 heteroatoms. The fourth-order valence-corrected chi connectivity index (χ4v) is 2.96. The second-order valence-corrected chi connectivity index (χ2v) is 6.42. The van der Waals surface area contributed by atoms with Crippen molar-refractivity contribution in [2.75, 3.05) is 13.1 Å². The Kier molecular flexibility index (Phi) is 10.1. The predicted octanol–water partition coefficient (Wildman–Crippen LogP) is 3.45. The highest BCUT2D eigenvalue weighted by molar-refractivity contribution is 8.24. The SMILES string of the molecule is CCCCN(CCCC)C(=S)SC(C(C)=O)C(C)=O. The molecule has 110 valence electrons. The molecule has 3 nitrogen and oxygen atoms in total. The van der Waals surface area contributed by atoms with E-state index in [1.165, 1.54) is 25.6 Å². The van der Waals surface area contributed by atoms with Crippen LogP contribution in [0.4, 0.5) is 0 Å². The summed E-state index contributed by atoms with van der Waals surface area (Å²) in [6, 6.07) is 0. The molecule has 0 fully saturated rings. The Morgan fingerprint density at radius 2 is 1.47 bits per heavy atom. The van der Waals surface area contributed by atoms with E-state index in [1.54, 1.807) is 0 Å². The average Bonchev–Trinajstić information content (AvgIpc) is 2.35. The third-order valence-corrected chi connectivity index (χ3v) is 4.68. The standard InChI is InChI=1S/C14H25NO2S2/c1-5-7-9-15(10-8-6-2)14(18)19-13(11(3)16)12(4)17/h13H,5-10H2,1-4H3. The molecule has 0 aliphatic heterocycles. The van der Waals surface area contributed by atoms with Crippen molar-refractivity contribution in [3.63, 3.8) is 0 Å². The normalized spacial score (nSPS) is 10.6. The lowest BCUT2D eigenvalue weighted by Gasteiger charge is -2.26. The summed E-state index contributed by atoms with van der Waals surface area (Å²) in [5, 5.41) is -0.641. The van der Waals surface area contributed by atoms with Gasteiger partial charge in [0.15, 0.2) is 11.6 Å². The maximum Gasteiger partial charge on any atom is 0.150 e. The number of Topliss-reactive ketones (excluding diaryl/α,β-unsaturated/α-hetero) is 2. The summed E-state index contributed by atoms with van der Waals surface area (Å²) in [4.78, 5) is 25.0. The van der Waals surface area contributed by atoms with E-state index in [1.807, 2.05) is 0 Å². The number of nitrogens with zero attached hydrogens (tertiary/aromatic N) is 1. The average molecular weight is 303 g/mol. The van der Waals surface area contributed by atoms with Gasteiger partial charge in [0.05, 0.1) is 0 Å². The molecule has 19 heavy (non-hydrogen) atoms. The maximum atomic E-state index is 11.5. The van der Waals surface area contributed by atoms with E-state index < -0.39 is 5.25 Å². The number of carbonyl (C=O) groups excluding carboxylic acids is 2. The molecule has 0 heterocycles. The molecule has 0 aromatic heterocycles. The smallest absolute Gasteiger partial charge is 0.150 e. The summed E-state index contributed by atoms with van der Waals surface area (Å²) in [5.74, 6) is -0.239. The fraction of sp³-hybridized carbons (Fsp3) is 0.786. The number of thiocarbonyl (C=S) groups is 1. The lowest BCUT2D eigenvalue weighted by Crippen LogP contribution is -2.33. The van der Waals surface area contributed by atoms with Gasteiger partial charge < -0.3 is 4.90 Å². The summed E-state index contributed by atoms with van der Waals surface area (Å²) in [6.07, 6.45) is 4.38. The quantitative estimate of drug-likeness (QED) is 0.482. The van der Waals surface area contributed by atoms with Crippen molar-refractivity contribution in [3.05, 3.63) is 0 Å². The maximum absolute atomic E-state index is 11.5. The van der Waals surface area contributed by atoms with Crippen LogP contribution in [0.5, 0.6) is 0 Å². The van der Waals surface area contributed by atoms with E-state index >= 15 is 0 Å². The largest absolute Gasteiger partial charge is 0.357 e. The summed E-state index contributed by atoms with van der Waals surface area (Å²) in [7, 11) is 0. The zero-order valence-corrected chi connectivity index (χ0v) is 14.0. The van der Waals surface area contributed by atoms with Crippen LogP contribution in [-0.2, 0) is 9.59 Å². The van der Waals surface area contributed by atoms with E-state index in [0.717, 1.165) is 38.8 Å². The topological polar surface area (TPSA) is 37.4 Å². The molecule has 0 saturated heterocycles. The van der Waals surface area contributed by atoms with Gasteiger partial charge in [-0.25, -0.2) is 0 Å². The van der Waals surface area contributed by atoms with Crippen molar-refractivity contribution in [1.82, 2.24) is 4.90 Å². The molecule has 0 bridgehead atoms. The first kappa shape index (κ1) is 18.6. The predicted molar refractivity (Wildman–Crippen MR) is 86.7 cm³/mol. The van der Waals surface area contributed by atoms with Crippen molar-refractivity contribution in [2.45, 2.75) is 58.6 Å². The minimum absolute atomic E-state index is 0.120. The van der Waals surface area contributed by atoms with Gasteiger partial charge in [0.25, 0.3) is 0 Å². The second-order valence-electron chi connectivity index (χ2n) is 4.68. The van der Waals surface area contributed by atoms with Crippen molar-refractivity contribution in [3.8, 4) is 0 Å². The van der Waals surface area contributed by atoms with Gasteiger partial charge in [0.2, 0.25) is 0 Å². The Bertz CT molecular complexity index is 297. The van der Waals surface area contributed by atoms with Crippen molar-refractivity contribution in [2.24, 2.45) is 0 Å². The monoisotopic (exact) mass is 303 g/mol. The molecule has 0 atom stereocenters. The van der Waals surface area contributed by atoms with Crippen LogP contribution >= 0.6 is 24.0 Å². The van der Waals surface area contributed by atoms with E-state index in [4.69, 9.17) is 12.2 Å². The first-order valence-corrected chi connectivity index (χ1v) is 8.19. The number of hydrogen-bond donors (Lipinski definition) is 0. The Morgan fingerprint density at radius 1 is 1.05 bits per heavy atom. The molecule has 0 radical (unpaired) electrons. The molecule has 0 N–H and O–H groups in total. The van der Waals surface area contributed by atoms with E-state index in [0.29, 0.717) is 4.32 Å². The van der Waals surface area contributed by atoms with E-state index in [9.17, 15) is 9.59 Å². The van der Waals surface area contributed by atoms with Gasteiger partial charge in [-0.05, 0) is 26.7 Å². The van der Waals surface area contributed by atoms with Crippen LogP contribution < -0.4 is 0 Å². The number of thioether (sulfide) groups is 1. The highest BCUT2D eigenvalue weighted by Gasteiger charge is 2.24. The number of hydrogen-bond acceptors (Lipinski definition) is 4. The molecule has 0 rings (SSSR count). The van der Waals surface area contributed by atoms with Crippen LogP contribution in [0.3, 0.4) is 0 Å². The zero-order chi connectivity index (χ0) is 14.8. The van der Waals surface area contributed by atoms with E-state index in [2.05, 4.69) is 18.7 Å². The van der Waals surface area contributed by atoms with Crippen molar-refractivity contribution in [1.29, 1.82) is 0 Å². The molecule has 0 saturated carbocycles. The third kappa shape index (κ3) is 7.67. The van der Waals surface area contributed by atoms with Crippen LogP contribution in [0.2, 0.25) is 0 Å². The van der Waals surface area contributed by atoms with Gasteiger partial charge in [0, 0.05) is 13.1 Å². The van der Waals surface area contributed by atoms with E-state index in [-0.39, 0.29) is 11.6 Å². The molecule has 0 unspecified atom stereocenters. The number of carbonyl (C=O) groups is 2. The number of ketones is 2. The molecular weight excluding hydrogens is 278 g/mol. The zero-order valence-electron chi connectivity index (χ0n) is 12.4. The number of rotatable bonds is 9. The van der Waals surface area contributed by atoms with Crippen LogP contribution in [0.25, 0.3) is 0 Å². The third-order valence-electron chi connectivity index (χ3n) is 2.78. The van der Waals surface area contributed by atoms with Gasteiger partial charge in [0.1, 0.15) is 9.57 Å². The summed E-state index contributed by atoms with van der Waals surface area (Å²) in [6.45, 7) is 8.99. The lowest BCUT2D eigenvalue weighted by atomic mass is 10.2. The van der Waals surface area contributed by atoms with Gasteiger partial charge in [-0.15, -0.1) is 0 Å². The molecule has 0 aliphatic carbocycles. The summed E-state index contributed by atoms with van der Waals surface area (Å²) >= 11 is 6.63. The molecule has 0 spiro atoms. The fourth-order valence-electron chi connectivity index (χ4n) is 1.62. The lowest BCUT2D eigenvalue weighted by molar-refractivity contribution is -0.123. The second kappa shape index (κ2) is 10.4. The van der Waals surface area contributed by atoms with Crippen molar-refractivity contribution < 1.29 is 9.59 Å². The Hall–Kier alpha value is -0.420. The van der Waals surface area contributed by atoms with Crippen LogP contribution in [-0.4, -0.2) is 39.1 Å². The van der Waals surface area contributed by atoms with Gasteiger partial charge >= 0.3 is 0 Å². The molecule has 0 amide bonds. The van der Waals surface area contributed by atoms with Crippen LogP contribution in [0.1, 0.15) is 53.4 Å². The molecule has 0 aromatic rings. The number of unbranched alkanes of at least 4 members (excludes halogenated alkanes) is 2. The minimum atomic E-state index is -0.641. The highest BCUT2D eigenvalue weighted by atomic mass is 32.2. The summed E-state index contributed by atoms with van der Waals surface area (Å²) < 4.78 is 0.678. The van der Waals surface area contributed by atoms with Crippen molar-refractivity contribution >= 4 is 39.9 Å². The molecular formula is C14H25NO2S2. The Morgan fingerprint density at radius 3 is 1.79 bits per heavy atom. The van der Waals surface area contributed by atoms with Crippen LogP contribution in [0.15, 0.2) is 0 Å². The van der Waals surface area contributed by atoms with Gasteiger partial charge in [-0.2, -0.15) is 0 Å². The Labute approximate surface area is 126 Å².